The highest BCUT2D eigenvalue weighted by molar-refractivity contribution is 5.17. The molecule has 0 amide bonds. The summed E-state index contributed by atoms with van der Waals surface area (Å²) in [7, 11) is 0. The van der Waals surface area contributed by atoms with E-state index in [1.165, 1.54) is 0 Å². The molecule has 2 heteroatoms. The number of aliphatic hydroxyl groups is 1. The summed E-state index contributed by atoms with van der Waals surface area (Å²) >= 11 is 0. The molecule has 0 fully saturated rings. The number of rotatable bonds is 4. The summed E-state index contributed by atoms with van der Waals surface area (Å²) in [6.07, 6.45) is 0.177. The SMILES string of the molecule is C=C(C)C(N)(C(C)C)C(O)CC. The molecule has 0 aromatic heterocycles. The van der Waals surface area contributed by atoms with Crippen molar-refractivity contribution in [3.05, 3.63) is 12.2 Å². The summed E-state index contributed by atoms with van der Waals surface area (Å²) in [5.41, 5.74) is 6.31. The lowest BCUT2D eigenvalue weighted by atomic mass is 9.76. The second-order valence-corrected chi connectivity index (χ2v) is 3.79. The minimum Gasteiger partial charge on any atom is -0.391 e. The van der Waals surface area contributed by atoms with E-state index in [0.717, 1.165) is 5.57 Å². The second-order valence-electron chi connectivity index (χ2n) is 3.79. The Morgan fingerprint density at radius 3 is 2.08 bits per heavy atom. The zero-order chi connectivity index (χ0) is 9.94. The molecule has 2 atom stereocenters. The van der Waals surface area contributed by atoms with Crippen molar-refractivity contribution in [2.75, 3.05) is 0 Å². The predicted octanol–water partition coefficient (Wildman–Crippen LogP) is 1.69. The van der Waals surface area contributed by atoms with Crippen LogP contribution in [-0.2, 0) is 0 Å². The predicted molar refractivity (Wildman–Crippen MR) is 52.9 cm³/mol. The lowest BCUT2D eigenvalue weighted by Crippen LogP contribution is -2.55. The Bertz CT molecular complexity index is 165. The second kappa shape index (κ2) is 4.06. The summed E-state index contributed by atoms with van der Waals surface area (Å²) < 4.78 is 0. The van der Waals surface area contributed by atoms with E-state index in [4.69, 9.17) is 5.73 Å². The van der Waals surface area contributed by atoms with Gasteiger partial charge in [0.2, 0.25) is 0 Å². The van der Waals surface area contributed by atoms with Crippen LogP contribution in [0.2, 0.25) is 0 Å². The van der Waals surface area contributed by atoms with Gasteiger partial charge in [-0.15, -0.1) is 0 Å². The van der Waals surface area contributed by atoms with Crippen LogP contribution in [0.3, 0.4) is 0 Å². The maximum absolute atomic E-state index is 9.73. The molecule has 0 aromatic carbocycles. The molecule has 0 saturated carbocycles. The molecule has 0 spiro atoms. The molecule has 0 aliphatic rings. The molecule has 2 nitrogen and oxygen atoms in total. The van der Waals surface area contributed by atoms with Gasteiger partial charge in [-0.3, -0.25) is 0 Å². The Morgan fingerprint density at radius 2 is 2.00 bits per heavy atom. The van der Waals surface area contributed by atoms with E-state index in [2.05, 4.69) is 6.58 Å². The first-order chi connectivity index (χ1) is 5.37. The monoisotopic (exact) mass is 171 g/mol. The fraction of sp³-hybridized carbons (Fsp3) is 0.800. The van der Waals surface area contributed by atoms with Crippen LogP contribution in [0.25, 0.3) is 0 Å². The average molecular weight is 171 g/mol. The Kier molecular flexibility index (Phi) is 3.94. The van der Waals surface area contributed by atoms with Gasteiger partial charge in [-0.05, 0) is 19.3 Å². The van der Waals surface area contributed by atoms with Gasteiger partial charge in [0.15, 0.2) is 0 Å². The van der Waals surface area contributed by atoms with Crippen molar-refractivity contribution in [1.82, 2.24) is 0 Å². The fourth-order valence-electron chi connectivity index (χ4n) is 1.50. The molecule has 0 aliphatic carbocycles. The van der Waals surface area contributed by atoms with Crippen molar-refractivity contribution in [2.24, 2.45) is 11.7 Å². The van der Waals surface area contributed by atoms with Crippen molar-refractivity contribution < 1.29 is 5.11 Å². The lowest BCUT2D eigenvalue weighted by Gasteiger charge is -2.38. The number of hydrogen-bond acceptors (Lipinski definition) is 2. The zero-order valence-electron chi connectivity index (χ0n) is 8.59. The summed E-state index contributed by atoms with van der Waals surface area (Å²) in [5.74, 6) is 0.213. The standard InChI is InChI=1S/C10H21NO/c1-6-9(12)10(11,7(2)3)8(4)5/h8-9,12H,2,6,11H2,1,3-5H3. The highest BCUT2D eigenvalue weighted by Crippen LogP contribution is 2.27. The van der Waals surface area contributed by atoms with E-state index in [1.807, 2.05) is 27.7 Å². The summed E-state index contributed by atoms with van der Waals surface area (Å²) in [6, 6.07) is 0. The van der Waals surface area contributed by atoms with Crippen molar-refractivity contribution in [1.29, 1.82) is 0 Å². The quantitative estimate of drug-likeness (QED) is 0.632. The van der Waals surface area contributed by atoms with Gasteiger partial charge in [0, 0.05) is 0 Å². The summed E-state index contributed by atoms with van der Waals surface area (Å²) in [5, 5.41) is 9.73. The third-order valence-corrected chi connectivity index (χ3v) is 2.63. The topological polar surface area (TPSA) is 46.2 Å². The van der Waals surface area contributed by atoms with Crippen LogP contribution in [0.4, 0.5) is 0 Å². The molecule has 0 saturated heterocycles. The molecule has 12 heavy (non-hydrogen) atoms. The van der Waals surface area contributed by atoms with Crippen LogP contribution in [-0.4, -0.2) is 16.7 Å². The highest BCUT2D eigenvalue weighted by atomic mass is 16.3. The van der Waals surface area contributed by atoms with Gasteiger partial charge in [0.05, 0.1) is 11.6 Å². The molecule has 0 heterocycles. The Balaban J connectivity index is 4.74. The Labute approximate surface area is 75.5 Å². The first-order valence-electron chi connectivity index (χ1n) is 4.50. The maximum Gasteiger partial charge on any atom is 0.0757 e. The molecular weight excluding hydrogens is 150 g/mol. The first kappa shape index (κ1) is 11.7. The van der Waals surface area contributed by atoms with E-state index in [-0.39, 0.29) is 5.92 Å². The van der Waals surface area contributed by atoms with Gasteiger partial charge < -0.3 is 10.8 Å². The highest BCUT2D eigenvalue weighted by Gasteiger charge is 2.36. The third-order valence-electron chi connectivity index (χ3n) is 2.63. The van der Waals surface area contributed by atoms with E-state index in [9.17, 15) is 5.11 Å². The average Bonchev–Trinajstić information content (AvgIpc) is 2.00. The summed E-state index contributed by atoms with van der Waals surface area (Å²) in [6.45, 7) is 11.6. The molecule has 0 rings (SSSR count). The van der Waals surface area contributed by atoms with Gasteiger partial charge in [-0.1, -0.05) is 32.9 Å². The van der Waals surface area contributed by atoms with Crippen LogP contribution >= 0.6 is 0 Å². The number of hydrogen-bond donors (Lipinski definition) is 2. The molecule has 0 aromatic rings. The first-order valence-corrected chi connectivity index (χ1v) is 4.50. The van der Waals surface area contributed by atoms with Gasteiger partial charge in [-0.25, -0.2) is 0 Å². The van der Waals surface area contributed by atoms with Crippen LogP contribution in [0.15, 0.2) is 12.2 Å². The van der Waals surface area contributed by atoms with Crippen molar-refractivity contribution in [2.45, 2.75) is 45.8 Å². The minimum absolute atomic E-state index is 0.213. The van der Waals surface area contributed by atoms with Crippen molar-refractivity contribution >= 4 is 0 Å². The smallest absolute Gasteiger partial charge is 0.0757 e. The van der Waals surface area contributed by atoms with E-state index < -0.39 is 11.6 Å². The van der Waals surface area contributed by atoms with Crippen LogP contribution in [0.5, 0.6) is 0 Å². The molecule has 0 bridgehead atoms. The van der Waals surface area contributed by atoms with E-state index in [0.29, 0.717) is 6.42 Å². The Hall–Kier alpha value is -0.340. The summed E-state index contributed by atoms with van der Waals surface area (Å²) in [4.78, 5) is 0. The molecular formula is C10H21NO. The molecule has 72 valence electrons. The molecule has 0 aliphatic heterocycles. The molecule has 0 radical (unpaired) electrons. The van der Waals surface area contributed by atoms with Gasteiger partial charge >= 0.3 is 0 Å². The van der Waals surface area contributed by atoms with E-state index in [1.54, 1.807) is 0 Å². The van der Waals surface area contributed by atoms with Gasteiger partial charge in [-0.2, -0.15) is 0 Å². The van der Waals surface area contributed by atoms with E-state index >= 15 is 0 Å². The Morgan fingerprint density at radius 1 is 1.58 bits per heavy atom. The molecule has 2 unspecified atom stereocenters. The van der Waals surface area contributed by atoms with Gasteiger partial charge in [0.25, 0.3) is 0 Å². The van der Waals surface area contributed by atoms with Crippen LogP contribution in [0.1, 0.15) is 34.1 Å². The van der Waals surface area contributed by atoms with Crippen molar-refractivity contribution in [3.8, 4) is 0 Å². The third kappa shape index (κ3) is 1.87. The fourth-order valence-corrected chi connectivity index (χ4v) is 1.50. The zero-order valence-corrected chi connectivity index (χ0v) is 8.59. The largest absolute Gasteiger partial charge is 0.391 e. The number of nitrogens with two attached hydrogens (primary N) is 1. The van der Waals surface area contributed by atoms with Crippen LogP contribution in [0, 0.1) is 5.92 Å². The van der Waals surface area contributed by atoms with Crippen molar-refractivity contribution in [3.63, 3.8) is 0 Å². The number of aliphatic hydroxyl groups excluding tert-OH is 1. The lowest BCUT2D eigenvalue weighted by molar-refractivity contribution is 0.0740. The van der Waals surface area contributed by atoms with Gasteiger partial charge in [0.1, 0.15) is 0 Å². The normalized spacial score (nSPS) is 18.9. The van der Waals surface area contributed by atoms with Crippen LogP contribution < -0.4 is 5.73 Å². The molecule has 3 N–H and O–H groups in total. The minimum atomic E-state index is -0.630. The maximum atomic E-state index is 9.73.